The van der Waals surface area contributed by atoms with E-state index in [1.807, 2.05) is 0 Å². The minimum absolute atomic E-state index is 0.0240. The molecule has 1 aromatic carbocycles. The van der Waals surface area contributed by atoms with Gasteiger partial charge in [-0.15, -0.1) is 0 Å². The van der Waals surface area contributed by atoms with Crippen molar-refractivity contribution < 1.29 is 22.7 Å². The molecule has 106 valence electrons. The highest BCUT2D eigenvalue weighted by atomic mass is 35.5. The van der Waals surface area contributed by atoms with Crippen molar-refractivity contribution in [3.63, 3.8) is 0 Å². The van der Waals surface area contributed by atoms with Crippen LogP contribution in [0.5, 0.6) is 0 Å². The molecule has 1 rings (SSSR count). The maximum absolute atomic E-state index is 13.9. The number of rotatable bonds is 5. The summed E-state index contributed by atoms with van der Waals surface area (Å²) in [6, 6.07) is 1.74. The highest BCUT2D eigenvalue weighted by Crippen LogP contribution is 2.23. The van der Waals surface area contributed by atoms with E-state index >= 15 is 0 Å². The van der Waals surface area contributed by atoms with Gasteiger partial charge in [0.15, 0.2) is 5.82 Å². The fourth-order valence-electron chi connectivity index (χ4n) is 1.27. The van der Waals surface area contributed by atoms with Crippen LogP contribution in [0.25, 0.3) is 0 Å². The molecule has 0 saturated carbocycles. The summed E-state index contributed by atoms with van der Waals surface area (Å²) in [5.41, 5.74) is -0.780. The summed E-state index contributed by atoms with van der Waals surface area (Å²) in [5, 5.41) is 8.62. The molecule has 0 aliphatic rings. The second kappa shape index (κ2) is 5.85. The Hall–Kier alpha value is -1.18. The first kappa shape index (κ1) is 15.9. The van der Waals surface area contributed by atoms with Gasteiger partial charge in [0.05, 0.1) is 5.56 Å². The number of aromatic carboxylic acids is 1. The van der Waals surface area contributed by atoms with Crippen LogP contribution in [-0.2, 0) is 10.0 Å². The molecular weight excluding hydrogens is 297 g/mol. The summed E-state index contributed by atoms with van der Waals surface area (Å²) in [7, 11) is -4.14. The SMILES string of the molecule is CC(C)CNS(=O)(=O)c1cc(Cl)cc(C(=O)O)c1F. The first-order valence-corrected chi connectivity index (χ1v) is 7.23. The quantitative estimate of drug-likeness (QED) is 0.872. The summed E-state index contributed by atoms with van der Waals surface area (Å²) in [5.74, 6) is -2.88. The maximum atomic E-state index is 13.9. The zero-order chi connectivity index (χ0) is 14.8. The van der Waals surface area contributed by atoms with Crippen molar-refractivity contribution in [3.8, 4) is 0 Å². The normalized spacial score (nSPS) is 11.8. The van der Waals surface area contributed by atoms with Crippen molar-refractivity contribution in [3.05, 3.63) is 28.5 Å². The fraction of sp³-hybridized carbons (Fsp3) is 0.364. The van der Waals surface area contributed by atoms with Crippen LogP contribution < -0.4 is 4.72 Å². The predicted octanol–water partition coefficient (Wildman–Crippen LogP) is 2.11. The van der Waals surface area contributed by atoms with Crippen LogP contribution in [0.15, 0.2) is 17.0 Å². The molecule has 0 spiro atoms. The Morgan fingerprint density at radius 1 is 1.47 bits per heavy atom. The van der Waals surface area contributed by atoms with Gasteiger partial charge in [0.1, 0.15) is 4.90 Å². The third-order valence-electron chi connectivity index (χ3n) is 2.21. The first-order valence-electron chi connectivity index (χ1n) is 5.37. The number of hydrogen-bond acceptors (Lipinski definition) is 3. The fourth-order valence-corrected chi connectivity index (χ4v) is 2.89. The van der Waals surface area contributed by atoms with E-state index in [-0.39, 0.29) is 17.5 Å². The van der Waals surface area contributed by atoms with E-state index in [0.717, 1.165) is 12.1 Å². The van der Waals surface area contributed by atoms with E-state index in [2.05, 4.69) is 4.72 Å². The average molecular weight is 310 g/mol. The van der Waals surface area contributed by atoms with Crippen LogP contribution in [0.1, 0.15) is 24.2 Å². The number of carbonyl (C=O) groups is 1. The average Bonchev–Trinajstić information content (AvgIpc) is 2.28. The van der Waals surface area contributed by atoms with Crippen LogP contribution in [0, 0.1) is 11.7 Å². The lowest BCUT2D eigenvalue weighted by Gasteiger charge is -2.11. The van der Waals surface area contributed by atoms with Crippen LogP contribution in [0.3, 0.4) is 0 Å². The van der Waals surface area contributed by atoms with Crippen molar-refractivity contribution >= 4 is 27.6 Å². The summed E-state index contributed by atoms with van der Waals surface area (Å²) in [6.45, 7) is 3.66. The molecule has 0 unspecified atom stereocenters. The number of benzene rings is 1. The molecule has 0 aliphatic heterocycles. The lowest BCUT2D eigenvalue weighted by atomic mass is 10.2. The summed E-state index contributed by atoms with van der Waals surface area (Å²) in [6.07, 6.45) is 0. The van der Waals surface area contributed by atoms with Crippen LogP contribution in [0.2, 0.25) is 5.02 Å². The van der Waals surface area contributed by atoms with Gasteiger partial charge in [-0.25, -0.2) is 22.3 Å². The van der Waals surface area contributed by atoms with Crippen molar-refractivity contribution in [2.24, 2.45) is 5.92 Å². The van der Waals surface area contributed by atoms with Crippen molar-refractivity contribution in [1.82, 2.24) is 4.72 Å². The zero-order valence-corrected chi connectivity index (χ0v) is 11.8. The van der Waals surface area contributed by atoms with Gasteiger partial charge in [0.2, 0.25) is 10.0 Å². The Balaban J connectivity index is 3.31. The highest BCUT2D eigenvalue weighted by Gasteiger charge is 2.25. The lowest BCUT2D eigenvalue weighted by molar-refractivity contribution is 0.0691. The van der Waals surface area contributed by atoms with E-state index in [0.29, 0.717) is 0 Å². The lowest BCUT2D eigenvalue weighted by Crippen LogP contribution is -2.28. The third-order valence-corrected chi connectivity index (χ3v) is 3.85. The summed E-state index contributed by atoms with van der Waals surface area (Å²) >= 11 is 5.61. The van der Waals surface area contributed by atoms with E-state index in [9.17, 15) is 17.6 Å². The Labute approximate surface area is 115 Å². The second-order valence-corrected chi connectivity index (χ2v) is 6.49. The maximum Gasteiger partial charge on any atom is 0.338 e. The van der Waals surface area contributed by atoms with E-state index in [1.54, 1.807) is 13.8 Å². The van der Waals surface area contributed by atoms with Gasteiger partial charge in [-0.3, -0.25) is 0 Å². The topological polar surface area (TPSA) is 83.5 Å². The van der Waals surface area contributed by atoms with Gasteiger partial charge in [0, 0.05) is 11.6 Å². The minimum atomic E-state index is -4.14. The molecule has 0 heterocycles. The molecule has 0 saturated heterocycles. The van der Waals surface area contributed by atoms with E-state index in [4.69, 9.17) is 16.7 Å². The molecule has 0 aliphatic carbocycles. The number of hydrogen-bond donors (Lipinski definition) is 2. The molecule has 0 radical (unpaired) electrons. The Morgan fingerprint density at radius 2 is 2.05 bits per heavy atom. The van der Waals surface area contributed by atoms with Gasteiger partial charge >= 0.3 is 5.97 Å². The predicted molar refractivity (Wildman–Crippen MR) is 68.4 cm³/mol. The Morgan fingerprint density at radius 3 is 2.53 bits per heavy atom. The Bertz CT molecular complexity index is 601. The molecule has 2 N–H and O–H groups in total. The molecule has 1 aromatic rings. The number of carboxylic acids is 1. The molecule has 0 bridgehead atoms. The molecule has 8 heteroatoms. The second-order valence-electron chi connectivity index (χ2n) is 4.32. The largest absolute Gasteiger partial charge is 0.478 e. The minimum Gasteiger partial charge on any atom is -0.478 e. The van der Waals surface area contributed by atoms with Crippen LogP contribution >= 0.6 is 11.6 Å². The van der Waals surface area contributed by atoms with E-state index in [1.165, 1.54) is 0 Å². The molecule has 0 amide bonds. The standard InChI is InChI=1S/C11H13ClFNO4S/c1-6(2)5-14-19(17,18)9-4-7(12)3-8(10(9)13)11(15)16/h3-4,6,14H,5H2,1-2H3,(H,15,16). The van der Waals surface area contributed by atoms with Gasteiger partial charge in [-0.05, 0) is 18.1 Å². The number of nitrogens with one attached hydrogen (secondary N) is 1. The van der Waals surface area contributed by atoms with Crippen LogP contribution in [-0.4, -0.2) is 26.0 Å². The third kappa shape index (κ3) is 3.89. The van der Waals surface area contributed by atoms with Crippen molar-refractivity contribution in [2.75, 3.05) is 6.54 Å². The highest BCUT2D eigenvalue weighted by molar-refractivity contribution is 7.89. The number of halogens is 2. The van der Waals surface area contributed by atoms with Gasteiger partial charge in [0.25, 0.3) is 0 Å². The molecule has 19 heavy (non-hydrogen) atoms. The van der Waals surface area contributed by atoms with Gasteiger partial charge < -0.3 is 5.11 Å². The summed E-state index contributed by atoms with van der Waals surface area (Å²) < 4.78 is 39.8. The molecular formula is C11H13ClFNO4S. The monoisotopic (exact) mass is 309 g/mol. The zero-order valence-electron chi connectivity index (χ0n) is 10.3. The smallest absolute Gasteiger partial charge is 0.338 e. The first-order chi connectivity index (χ1) is 8.65. The van der Waals surface area contributed by atoms with Crippen molar-refractivity contribution in [1.29, 1.82) is 0 Å². The molecule has 0 aromatic heterocycles. The Kier molecular flexibility index (Phi) is 4.89. The molecule has 0 fully saturated rings. The molecule has 0 atom stereocenters. The van der Waals surface area contributed by atoms with Gasteiger partial charge in [-0.1, -0.05) is 25.4 Å². The number of carboxylic acid groups (broad SMARTS) is 1. The number of sulfonamides is 1. The van der Waals surface area contributed by atoms with Gasteiger partial charge in [-0.2, -0.15) is 0 Å². The van der Waals surface area contributed by atoms with Crippen LogP contribution in [0.4, 0.5) is 4.39 Å². The molecule has 5 nitrogen and oxygen atoms in total. The van der Waals surface area contributed by atoms with E-state index < -0.39 is 32.3 Å². The van der Waals surface area contributed by atoms with Crippen molar-refractivity contribution in [2.45, 2.75) is 18.7 Å². The summed E-state index contributed by atoms with van der Waals surface area (Å²) in [4.78, 5) is 10.0.